The van der Waals surface area contributed by atoms with Crippen LogP contribution in [0.25, 0.3) is 10.8 Å². The van der Waals surface area contributed by atoms with E-state index in [2.05, 4.69) is 55.0 Å². The van der Waals surface area contributed by atoms with Crippen molar-refractivity contribution in [2.24, 2.45) is 11.0 Å². The number of hydrogen-bond acceptors (Lipinski definition) is 3. The van der Waals surface area contributed by atoms with Crippen molar-refractivity contribution in [1.29, 1.82) is 0 Å². The summed E-state index contributed by atoms with van der Waals surface area (Å²) in [5, 5.41) is 6.40. The molecule has 0 unspecified atom stereocenters. The normalized spacial score (nSPS) is 18.1. The Morgan fingerprint density at radius 3 is 2.86 bits per heavy atom. The van der Waals surface area contributed by atoms with Crippen LogP contribution in [0.15, 0.2) is 68.2 Å². The number of fused-ring (bicyclic) bond motifs is 1. The SMILES string of the molecule is C=C(C)[C@@H]1CC=C(C)C(=NNC(=O)COc2ccc3cc(Br)ccc3c2Br)C1. The van der Waals surface area contributed by atoms with Crippen LogP contribution in [0.2, 0.25) is 0 Å². The van der Waals surface area contributed by atoms with Crippen LogP contribution >= 0.6 is 31.9 Å². The molecule has 0 bridgehead atoms. The molecular weight excluding hydrogens is 484 g/mol. The van der Waals surface area contributed by atoms with Crippen LogP contribution in [0.3, 0.4) is 0 Å². The van der Waals surface area contributed by atoms with Crippen molar-refractivity contribution in [3.05, 3.63) is 63.1 Å². The molecule has 0 spiro atoms. The van der Waals surface area contributed by atoms with E-state index in [1.54, 1.807) is 0 Å². The number of amides is 1. The van der Waals surface area contributed by atoms with Crippen LogP contribution in [0.1, 0.15) is 26.7 Å². The molecule has 2 aromatic carbocycles. The molecule has 2 aromatic rings. The van der Waals surface area contributed by atoms with Crippen molar-refractivity contribution in [2.75, 3.05) is 6.61 Å². The van der Waals surface area contributed by atoms with Crippen LogP contribution in [0.4, 0.5) is 0 Å². The van der Waals surface area contributed by atoms with Gasteiger partial charge in [0.15, 0.2) is 6.61 Å². The fraction of sp³-hybridized carbons (Fsp3) is 0.273. The van der Waals surface area contributed by atoms with Crippen molar-refractivity contribution in [1.82, 2.24) is 5.43 Å². The molecule has 1 atom stereocenters. The predicted octanol–water partition coefficient (Wildman–Crippen LogP) is 6.15. The number of allylic oxidation sites excluding steroid dienone is 3. The molecule has 0 heterocycles. The number of carbonyl (C=O) groups is 1. The van der Waals surface area contributed by atoms with E-state index >= 15 is 0 Å². The van der Waals surface area contributed by atoms with Gasteiger partial charge in [-0.1, -0.05) is 46.3 Å². The second kappa shape index (κ2) is 9.05. The summed E-state index contributed by atoms with van der Waals surface area (Å²) in [6.07, 6.45) is 3.92. The minimum Gasteiger partial charge on any atom is -0.483 e. The molecule has 3 rings (SSSR count). The molecule has 0 aromatic heterocycles. The Kier molecular flexibility index (Phi) is 6.73. The first-order valence-corrected chi connectivity index (χ1v) is 10.6. The summed E-state index contributed by atoms with van der Waals surface area (Å²) < 4.78 is 7.53. The Labute approximate surface area is 182 Å². The standard InChI is InChI=1S/C22H22Br2N2O2/c1-13(2)15-5-4-14(3)19(11-15)25-26-21(27)12-28-20-9-6-16-10-17(23)7-8-18(16)22(20)24/h4,6-10,15H,1,5,11-12H2,2-3H3,(H,26,27)/t15-/m1/s1. The molecule has 1 N–H and O–H groups in total. The van der Waals surface area contributed by atoms with E-state index < -0.39 is 0 Å². The van der Waals surface area contributed by atoms with E-state index in [0.29, 0.717) is 11.7 Å². The molecule has 0 radical (unpaired) electrons. The van der Waals surface area contributed by atoms with Gasteiger partial charge < -0.3 is 4.74 Å². The third-order valence-corrected chi connectivity index (χ3v) is 6.17. The first kappa shape index (κ1) is 20.8. The Bertz CT molecular complexity index is 995. The minimum absolute atomic E-state index is 0.107. The first-order valence-electron chi connectivity index (χ1n) is 9.03. The highest BCUT2D eigenvalue weighted by Gasteiger charge is 2.19. The number of benzene rings is 2. The van der Waals surface area contributed by atoms with Crippen molar-refractivity contribution in [2.45, 2.75) is 26.7 Å². The van der Waals surface area contributed by atoms with Crippen LogP contribution < -0.4 is 10.2 Å². The van der Waals surface area contributed by atoms with E-state index in [1.165, 1.54) is 0 Å². The van der Waals surface area contributed by atoms with Gasteiger partial charge in [-0.2, -0.15) is 5.10 Å². The maximum absolute atomic E-state index is 12.2. The van der Waals surface area contributed by atoms with Crippen LogP contribution in [-0.4, -0.2) is 18.2 Å². The van der Waals surface area contributed by atoms with E-state index in [-0.39, 0.29) is 12.5 Å². The average molecular weight is 506 g/mol. The quantitative estimate of drug-likeness (QED) is 0.391. The van der Waals surface area contributed by atoms with Crippen molar-refractivity contribution >= 4 is 54.3 Å². The fourth-order valence-electron chi connectivity index (χ4n) is 3.08. The lowest BCUT2D eigenvalue weighted by Crippen LogP contribution is -2.27. The van der Waals surface area contributed by atoms with Gasteiger partial charge in [0.1, 0.15) is 5.75 Å². The third kappa shape index (κ3) is 4.92. The molecule has 1 amide bonds. The lowest BCUT2D eigenvalue weighted by atomic mass is 9.85. The molecular formula is C22H22Br2N2O2. The molecule has 0 saturated heterocycles. The van der Waals surface area contributed by atoms with Gasteiger partial charge in [-0.3, -0.25) is 4.79 Å². The number of rotatable bonds is 5. The second-order valence-corrected chi connectivity index (χ2v) is 8.70. The van der Waals surface area contributed by atoms with Crippen LogP contribution in [0, 0.1) is 5.92 Å². The first-order chi connectivity index (χ1) is 13.3. The van der Waals surface area contributed by atoms with Gasteiger partial charge in [0.2, 0.25) is 0 Å². The van der Waals surface area contributed by atoms with Crippen molar-refractivity contribution in [3.8, 4) is 5.75 Å². The molecule has 1 aliphatic carbocycles. The molecule has 0 saturated carbocycles. The topological polar surface area (TPSA) is 50.7 Å². The van der Waals surface area contributed by atoms with E-state index in [1.807, 2.05) is 44.2 Å². The summed E-state index contributed by atoms with van der Waals surface area (Å²) >= 11 is 7.04. The number of hydrogen-bond donors (Lipinski definition) is 1. The molecule has 28 heavy (non-hydrogen) atoms. The molecule has 0 fully saturated rings. The highest BCUT2D eigenvalue weighted by Crippen LogP contribution is 2.34. The van der Waals surface area contributed by atoms with Crippen molar-refractivity contribution < 1.29 is 9.53 Å². The minimum atomic E-state index is -0.291. The third-order valence-electron chi connectivity index (χ3n) is 4.86. The largest absolute Gasteiger partial charge is 0.483 e. The van der Waals surface area contributed by atoms with E-state index in [0.717, 1.165) is 49.4 Å². The Hall–Kier alpha value is -1.92. The zero-order valence-corrected chi connectivity index (χ0v) is 19.1. The number of carbonyl (C=O) groups excluding carboxylic acids is 1. The molecule has 4 nitrogen and oxygen atoms in total. The smallest absolute Gasteiger partial charge is 0.277 e. The zero-order chi connectivity index (χ0) is 20.3. The molecule has 146 valence electrons. The molecule has 6 heteroatoms. The second-order valence-electron chi connectivity index (χ2n) is 7.00. The number of nitrogens with one attached hydrogen (secondary N) is 1. The summed E-state index contributed by atoms with van der Waals surface area (Å²) in [4.78, 5) is 12.2. The maximum Gasteiger partial charge on any atom is 0.277 e. The van der Waals surface area contributed by atoms with Gasteiger partial charge in [-0.25, -0.2) is 5.43 Å². The number of nitrogens with zero attached hydrogens (tertiary/aromatic N) is 1. The Morgan fingerprint density at radius 2 is 2.11 bits per heavy atom. The van der Waals surface area contributed by atoms with Gasteiger partial charge in [0, 0.05) is 4.47 Å². The van der Waals surface area contributed by atoms with Gasteiger partial charge in [0.05, 0.1) is 10.2 Å². The lowest BCUT2D eigenvalue weighted by Gasteiger charge is -2.22. The van der Waals surface area contributed by atoms with Gasteiger partial charge in [0.25, 0.3) is 5.91 Å². The highest BCUT2D eigenvalue weighted by atomic mass is 79.9. The van der Waals surface area contributed by atoms with Gasteiger partial charge in [-0.05, 0) is 83.1 Å². The lowest BCUT2D eigenvalue weighted by molar-refractivity contribution is -0.123. The zero-order valence-electron chi connectivity index (χ0n) is 15.9. The fourth-order valence-corrected chi connectivity index (χ4v) is 4.07. The summed E-state index contributed by atoms with van der Waals surface area (Å²) in [5.74, 6) is 0.707. The molecule has 1 aliphatic rings. The monoisotopic (exact) mass is 504 g/mol. The van der Waals surface area contributed by atoms with Crippen LogP contribution in [0.5, 0.6) is 5.75 Å². The van der Waals surface area contributed by atoms with E-state index in [4.69, 9.17) is 4.74 Å². The summed E-state index contributed by atoms with van der Waals surface area (Å²) in [5.41, 5.74) is 5.74. The van der Waals surface area contributed by atoms with Crippen molar-refractivity contribution in [3.63, 3.8) is 0 Å². The summed E-state index contributed by atoms with van der Waals surface area (Å²) in [7, 11) is 0. The molecule has 0 aliphatic heterocycles. The predicted molar refractivity (Wildman–Crippen MR) is 122 cm³/mol. The summed E-state index contributed by atoms with van der Waals surface area (Å²) in [6.45, 7) is 7.97. The summed E-state index contributed by atoms with van der Waals surface area (Å²) in [6, 6.07) is 9.82. The average Bonchev–Trinajstić information content (AvgIpc) is 2.66. The number of hydrazone groups is 1. The Balaban J connectivity index is 1.63. The van der Waals surface area contributed by atoms with Gasteiger partial charge in [-0.15, -0.1) is 0 Å². The maximum atomic E-state index is 12.2. The number of halogens is 2. The Morgan fingerprint density at radius 1 is 1.32 bits per heavy atom. The van der Waals surface area contributed by atoms with Gasteiger partial charge >= 0.3 is 0 Å². The van der Waals surface area contributed by atoms with Crippen LogP contribution in [-0.2, 0) is 4.79 Å². The number of ether oxygens (including phenoxy) is 1. The highest BCUT2D eigenvalue weighted by molar-refractivity contribution is 9.11. The van der Waals surface area contributed by atoms with E-state index in [9.17, 15) is 4.79 Å².